The Labute approximate surface area is 30.9 Å². The molecule has 0 aromatic rings. The molecule has 0 aliphatic rings. The molecule has 0 radical (unpaired) electrons. The highest BCUT2D eigenvalue weighted by Gasteiger charge is 1.81. The molecule has 3 N–H and O–H groups in total. The van der Waals surface area contributed by atoms with Crippen LogP contribution in [0.5, 0.6) is 0 Å². The van der Waals surface area contributed by atoms with Crippen molar-refractivity contribution in [3.8, 4) is 5.81 Å². The van der Waals surface area contributed by atoms with E-state index < -0.39 is 8.30 Å². The van der Waals surface area contributed by atoms with Crippen LogP contribution in [0.15, 0.2) is 0 Å². The Kier molecular flexibility index (Phi) is 2.03. The molecule has 0 aromatic heterocycles. The van der Waals surface area contributed by atoms with Gasteiger partial charge in [0.25, 0.3) is 0 Å². The zero-order chi connectivity index (χ0) is 4.28. The minimum atomic E-state index is -1.79. The number of hydrogen-bond acceptors (Lipinski definition) is 3. The van der Waals surface area contributed by atoms with E-state index in [0.29, 0.717) is 0 Å². The summed E-state index contributed by atoms with van der Waals surface area (Å²) in [7, 11) is -1.79. The molecule has 0 aromatic carbocycles. The highest BCUT2D eigenvalue weighted by Crippen LogP contribution is 2.11. The predicted octanol–water partition coefficient (Wildman–Crippen LogP) is -0.270. The zero-order valence-electron chi connectivity index (χ0n) is 2.42. The average Bonchev–Trinajstić information content (AvgIpc) is 1.38. The molecule has 0 heterocycles. The second kappa shape index (κ2) is 2.10. The molecule has 0 bridgehead atoms. The normalized spacial score (nSPS) is 13.0. The molecule has 0 rings (SSSR count). The molecule has 0 aliphatic carbocycles. The van der Waals surface area contributed by atoms with E-state index in [9.17, 15) is 0 Å². The molecule has 1 unspecified atom stereocenters. The third kappa shape index (κ3) is 3.84. The van der Waals surface area contributed by atoms with Gasteiger partial charge in [0.15, 0.2) is 0 Å². The predicted molar refractivity (Wildman–Crippen MR) is 18.9 cm³/mol. The summed E-state index contributed by atoms with van der Waals surface area (Å²) in [6.07, 6.45) is 0. The first kappa shape index (κ1) is 4.84. The lowest BCUT2D eigenvalue weighted by molar-refractivity contribution is 0.636. The standard InChI is InChI=1S/CH3N2OP/c2-1-5(3)4/h4H,3H2. The van der Waals surface area contributed by atoms with Crippen molar-refractivity contribution in [2.24, 2.45) is 5.50 Å². The van der Waals surface area contributed by atoms with E-state index in [4.69, 9.17) is 10.2 Å². The summed E-state index contributed by atoms with van der Waals surface area (Å²) in [5.74, 6) is 1.43. The number of nitriles is 1. The van der Waals surface area contributed by atoms with Crippen LogP contribution in [0, 0.1) is 11.1 Å². The van der Waals surface area contributed by atoms with Gasteiger partial charge in [0.05, 0.1) is 0 Å². The molecule has 0 aliphatic heterocycles. The Bertz CT molecular complexity index is 55.2. The van der Waals surface area contributed by atoms with Gasteiger partial charge >= 0.3 is 0 Å². The number of hydrogen-bond donors (Lipinski definition) is 2. The van der Waals surface area contributed by atoms with E-state index in [1.54, 1.807) is 0 Å². The first-order chi connectivity index (χ1) is 2.27. The van der Waals surface area contributed by atoms with Crippen LogP contribution in [0.4, 0.5) is 0 Å². The molecule has 4 heteroatoms. The average molecular weight is 90.0 g/mol. The Morgan fingerprint density at radius 2 is 2.20 bits per heavy atom. The smallest absolute Gasteiger partial charge is 0.208 e. The van der Waals surface area contributed by atoms with Gasteiger partial charge < -0.3 is 4.89 Å². The van der Waals surface area contributed by atoms with E-state index in [0.717, 1.165) is 0 Å². The van der Waals surface area contributed by atoms with Crippen molar-refractivity contribution in [1.82, 2.24) is 0 Å². The van der Waals surface area contributed by atoms with Crippen molar-refractivity contribution in [3.63, 3.8) is 0 Å². The summed E-state index contributed by atoms with van der Waals surface area (Å²) in [4.78, 5) is 7.84. The Morgan fingerprint density at radius 3 is 2.20 bits per heavy atom. The van der Waals surface area contributed by atoms with Gasteiger partial charge in [-0.05, 0) is 0 Å². The Morgan fingerprint density at radius 1 is 2.00 bits per heavy atom. The topological polar surface area (TPSA) is 70.0 Å². The first-order valence-electron chi connectivity index (χ1n) is 0.905. The summed E-state index contributed by atoms with van der Waals surface area (Å²) in [5.41, 5.74) is 4.55. The van der Waals surface area contributed by atoms with Crippen molar-refractivity contribution in [2.45, 2.75) is 0 Å². The fourth-order valence-corrected chi connectivity index (χ4v) is 0. The lowest BCUT2D eigenvalue weighted by Gasteiger charge is -1.76. The van der Waals surface area contributed by atoms with Gasteiger partial charge in [0.1, 0.15) is 5.81 Å². The third-order valence-corrected chi connectivity index (χ3v) is 0.307. The third-order valence-electron chi connectivity index (χ3n) is 0.102. The van der Waals surface area contributed by atoms with Crippen LogP contribution in [0.1, 0.15) is 0 Å². The maximum Gasteiger partial charge on any atom is 0.208 e. The van der Waals surface area contributed by atoms with E-state index in [-0.39, 0.29) is 0 Å². The maximum absolute atomic E-state index is 7.84. The van der Waals surface area contributed by atoms with Gasteiger partial charge in [-0.25, -0.2) is 0 Å². The number of nitrogens with zero attached hydrogens (tertiary/aromatic N) is 1. The molecular weight excluding hydrogens is 87.0 g/mol. The highest BCUT2D eigenvalue weighted by atomic mass is 31.2. The summed E-state index contributed by atoms with van der Waals surface area (Å²) >= 11 is 0. The summed E-state index contributed by atoms with van der Waals surface area (Å²) in [6.45, 7) is 0. The van der Waals surface area contributed by atoms with Crippen molar-refractivity contribution >= 4 is 8.30 Å². The minimum Gasteiger partial charge on any atom is -0.349 e. The van der Waals surface area contributed by atoms with Crippen LogP contribution in [0.3, 0.4) is 0 Å². The van der Waals surface area contributed by atoms with Crippen molar-refractivity contribution in [2.75, 3.05) is 0 Å². The van der Waals surface area contributed by atoms with Gasteiger partial charge in [0, 0.05) is 0 Å². The molecule has 0 amide bonds. The Balaban J connectivity index is 2.94. The van der Waals surface area contributed by atoms with Crippen molar-refractivity contribution in [1.29, 1.82) is 5.26 Å². The van der Waals surface area contributed by atoms with Crippen LogP contribution >= 0.6 is 8.30 Å². The molecular formula is CH3N2OP. The molecule has 1 atom stereocenters. The molecule has 28 valence electrons. The van der Waals surface area contributed by atoms with E-state index >= 15 is 0 Å². The first-order valence-corrected chi connectivity index (χ1v) is 2.27. The van der Waals surface area contributed by atoms with Crippen LogP contribution in [-0.2, 0) is 0 Å². The molecule has 3 nitrogen and oxygen atoms in total. The summed E-state index contributed by atoms with van der Waals surface area (Å²) < 4.78 is 0. The second-order valence-corrected chi connectivity index (χ2v) is 1.33. The lowest BCUT2D eigenvalue weighted by atomic mass is 11.8. The summed E-state index contributed by atoms with van der Waals surface area (Å²) in [6, 6.07) is 0. The van der Waals surface area contributed by atoms with Crippen LogP contribution in [-0.4, -0.2) is 4.89 Å². The number of nitrogens with two attached hydrogens (primary N) is 1. The summed E-state index contributed by atoms with van der Waals surface area (Å²) in [5, 5.41) is 7.55. The largest absolute Gasteiger partial charge is 0.349 e. The second-order valence-electron chi connectivity index (χ2n) is 0.445. The quantitative estimate of drug-likeness (QED) is 0.402. The molecule has 5 heavy (non-hydrogen) atoms. The van der Waals surface area contributed by atoms with Crippen LogP contribution in [0.25, 0.3) is 0 Å². The van der Waals surface area contributed by atoms with E-state index in [1.165, 1.54) is 5.81 Å². The highest BCUT2D eigenvalue weighted by molar-refractivity contribution is 7.54. The SMILES string of the molecule is N#CP(N)O. The Hall–Kier alpha value is -0.160. The van der Waals surface area contributed by atoms with Gasteiger partial charge in [-0.3, -0.25) is 5.50 Å². The van der Waals surface area contributed by atoms with Gasteiger partial charge in [-0.2, -0.15) is 5.26 Å². The molecule has 0 saturated heterocycles. The minimum absolute atomic E-state index is 1.43. The fraction of sp³-hybridized carbons (Fsp3) is 0. The molecule has 0 saturated carbocycles. The number of rotatable bonds is 0. The van der Waals surface area contributed by atoms with Crippen molar-refractivity contribution in [3.05, 3.63) is 0 Å². The molecule has 0 spiro atoms. The van der Waals surface area contributed by atoms with Crippen LogP contribution in [0.2, 0.25) is 0 Å². The van der Waals surface area contributed by atoms with Gasteiger partial charge in [-0.15, -0.1) is 0 Å². The maximum atomic E-state index is 7.84. The lowest BCUT2D eigenvalue weighted by Crippen LogP contribution is -1.77. The fourth-order valence-electron chi connectivity index (χ4n) is 0. The van der Waals surface area contributed by atoms with E-state index in [1.807, 2.05) is 0 Å². The monoisotopic (exact) mass is 90.0 g/mol. The van der Waals surface area contributed by atoms with Crippen molar-refractivity contribution < 1.29 is 4.89 Å². The van der Waals surface area contributed by atoms with E-state index in [2.05, 4.69) is 5.50 Å². The zero-order valence-corrected chi connectivity index (χ0v) is 3.31. The molecule has 0 fully saturated rings. The van der Waals surface area contributed by atoms with Gasteiger partial charge in [0.2, 0.25) is 8.30 Å². The van der Waals surface area contributed by atoms with Gasteiger partial charge in [-0.1, -0.05) is 0 Å². The van der Waals surface area contributed by atoms with Crippen LogP contribution < -0.4 is 5.50 Å².